The first-order valence-corrected chi connectivity index (χ1v) is 8.90. The average molecular weight is 416 g/mol. The van der Waals surface area contributed by atoms with Gasteiger partial charge < -0.3 is 14.6 Å². The lowest BCUT2D eigenvalue weighted by molar-refractivity contribution is -0.137. The zero-order chi connectivity index (χ0) is 21.2. The van der Waals surface area contributed by atoms with Crippen molar-refractivity contribution in [3.8, 4) is 16.9 Å². The van der Waals surface area contributed by atoms with Crippen molar-refractivity contribution >= 4 is 0 Å². The van der Waals surface area contributed by atoms with E-state index >= 15 is 0 Å². The van der Waals surface area contributed by atoms with Gasteiger partial charge in [-0.2, -0.15) is 13.2 Å². The zero-order valence-corrected chi connectivity index (χ0v) is 15.5. The Kier molecular flexibility index (Phi) is 6.23. The summed E-state index contributed by atoms with van der Waals surface area (Å²) in [6.45, 7) is -0.873. The monoisotopic (exact) mass is 416 g/mol. The highest BCUT2D eigenvalue weighted by molar-refractivity contribution is 5.69. The van der Waals surface area contributed by atoms with E-state index in [1.54, 1.807) is 0 Å². The molecule has 0 spiro atoms. The van der Waals surface area contributed by atoms with E-state index in [0.29, 0.717) is 12.8 Å². The minimum Gasteiger partial charge on any atom is -0.467 e. The van der Waals surface area contributed by atoms with Crippen molar-refractivity contribution in [2.75, 3.05) is 20.5 Å². The molecule has 1 saturated carbocycles. The van der Waals surface area contributed by atoms with Gasteiger partial charge in [-0.3, -0.25) is 9.36 Å². The summed E-state index contributed by atoms with van der Waals surface area (Å²) in [5.41, 5.74) is -1.17. The SMILES string of the molecule is COCOc1cc(C(F)(F)F)ccc1-c1cncn(C2CC(C(F)CO)C2)c1=O. The van der Waals surface area contributed by atoms with Crippen LogP contribution in [0.2, 0.25) is 0 Å². The van der Waals surface area contributed by atoms with Gasteiger partial charge in [-0.1, -0.05) is 0 Å². The molecule has 158 valence electrons. The second kappa shape index (κ2) is 8.50. The molecule has 1 heterocycles. The van der Waals surface area contributed by atoms with Gasteiger partial charge in [-0.05, 0) is 37.0 Å². The molecule has 0 saturated heterocycles. The predicted molar refractivity (Wildman–Crippen MR) is 95.2 cm³/mol. The van der Waals surface area contributed by atoms with Crippen molar-refractivity contribution in [1.29, 1.82) is 0 Å². The van der Waals surface area contributed by atoms with Crippen molar-refractivity contribution in [2.24, 2.45) is 5.92 Å². The van der Waals surface area contributed by atoms with E-state index < -0.39 is 30.1 Å². The van der Waals surface area contributed by atoms with Crippen molar-refractivity contribution < 1.29 is 32.1 Å². The fourth-order valence-electron chi connectivity index (χ4n) is 3.34. The van der Waals surface area contributed by atoms with E-state index in [1.807, 2.05) is 0 Å². The minimum atomic E-state index is -4.57. The van der Waals surface area contributed by atoms with Gasteiger partial charge in [0.25, 0.3) is 5.56 Å². The highest BCUT2D eigenvalue weighted by Gasteiger charge is 2.37. The van der Waals surface area contributed by atoms with E-state index in [4.69, 9.17) is 14.6 Å². The van der Waals surface area contributed by atoms with Gasteiger partial charge in [0.1, 0.15) is 11.9 Å². The maximum atomic E-state index is 13.5. The van der Waals surface area contributed by atoms with Gasteiger partial charge in [0.05, 0.1) is 24.1 Å². The fourth-order valence-corrected chi connectivity index (χ4v) is 3.34. The molecule has 6 nitrogen and oxygen atoms in total. The summed E-state index contributed by atoms with van der Waals surface area (Å²) in [5, 5.41) is 8.90. The Morgan fingerprint density at radius 1 is 1.31 bits per heavy atom. The number of methoxy groups -OCH3 is 1. The maximum Gasteiger partial charge on any atom is 0.416 e. The molecule has 1 aromatic heterocycles. The van der Waals surface area contributed by atoms with Gasteiger partial charge in [-0.15, -0.1) is 0 Å². The molecule has 1 aliphatic carbocycles. The van der Waals surface area contributed by atoms with Crippen LogP contribution in [-0.4, -0.2) is 41.3 Å². The van der Waals surface area contributed by atoms with Crippen LogP contribution in [0.15, 0.2) is 35.5 Å². The molecule has 1 aliphatic rings. The van der Waals surface area contributed by atoms with Crippen LogP contribution in [0.5, 0.6) is 5.75 Å². The molecular weight excluding hydrogens is 396 g/mol. The lowest BCUT2D eigenvalue weighted by Crippen LogP contribution is -2.39. The third-order valence-electron chi connectivity index (χ3n) is 5.02. The van der Waals surface area contributed by atoms with Crippen molar-refractivity contribution in [3.63, 3.8) is 0 Å². The third-order valence-corrected chi connectivity index (χ3v) is 5.02. The van der Waals surface area contributed by atoms with E-state index in [2.05, 4.69) is 4.98 Å². The number of aliphatic hydroxyl groups is 1. The van der Waals surface area contributed by atoms with Gasteiger partial charge in [0.2, 0.25) is 0 Å². The molecule has 0 aliphatic heterocycles. The molecule has 0 radical (unpaired) electrons. The summed E-state index contributed by atoms with van der Waals surface area (Å²) in [5.74, 6) is -0.499. The number of ether oxygens (including phenoxy) is 2. The summed E-state index contributed by atoms with van der Waals surface area (Å²) in [4.78, 5) is 16.9. The molecular formula is C19H20F4N2O4. The van der Waals surface area contributed by atoms with Crippen LogP contribution in [0.3, 0.4) is 0 Å². The standard InChI is InChI=1S/C19H20F4N2O4/c1-28-10-29-17-6-12(19(21,22)23)2-3-14(17)15-7-24-9-25(18(15)27)13-4-11(5-13)16(20)8-26/h2-3,6-7,9,11,13,16,26H,4-5,8,10H2,1H3. The lowest BCUT2D eigenvalue weighted by Gasteiger charge is -2.37. The summed E-state index contributed by atoms with van der Waals surface area (Å²) >= 11 is 0. The first-order chi connectivity index (χ1) is 13.8. The molecule has 0 amide bonds. The Labute approximate surface area is 163 Å². The number of benzene rings is 1. The van der Waals surface area contributed by atoms with Crippen LogP contribution >= 0.6 is 0 Å². The number of hydrogen-bond acceptors (Lipinski definition) is 5. The smallest absolute Gasteiger partial charge is 0.416 e. The summed E-state index contributed by atoms with van der Waals surface area (Å²) < 4.78 is 64.0. The van der Waals surface area contributed by atoms with Crippen molar-refractivity contribution in [2.45, 2.75) is 31.2 Å². The Bertz CT molecular complexity index is 910. The molecule has 0 bridgehead atoms. The Balaban J connectivity index is 1.95. The fraction of sp³-hybridized carbons (Fsp3) is 0.474. The highest BCUT2D eigenvalue weighted by Crippen LogP contribution is 2.41. The second-order valence-electron chi connectivity index (χ2n) is 6.86. The molecule has 2 aromatic rings. The van der Waals surface area contributed by atoms with E-state index in [0.717, 1.165) is 18.2 Å². The highest BCUT2D eigenvalue weighted by atomic mass is 19.4. The molecule has 1 aromatic carbocycles. The number of nitrogens with zero attached hydrogens (tertiary/aromatic N) is 2. The Morgan fingerprint density at radius 3 is 2.66 bits per heavy atom. The van der Waals surface area contributed by atoms with Crippen molar-refractivity contribution in [1.82, 2.24) is 9.55 Å². The number of aromatic nitrogens is 2. The summed E-state index contributed by atoms with van der Waals surface area (Å²) in [6, 6.07) is 2.53. The molecule has 1 fully saturated rings. The van der Waals surface area contributed by atoms with Crippen molar-refractivity contribution in [3.05, 3.63) is 46.6 Å². The van der Waals surface area contributed by atoms with E-state index in [-0.39, 0.29) is 35.6 Å². The first-order valence-electron chi connectivity index (χ1n) is 8.90. The van der Waals surface area contributed by atoms with Crippen LogP contribution in [0.25, 0.3) is 11.1 Å². The molecule has 1 N–H and O–H groups in total. The normalized spacial score (nSPS) is 20.2. The predicted octanol–water partition coefficient (Wildman–Crippen LogP) is 3.19. The average Bonchev–Trinajstić information content (AvgIpc) is 2.65. The third kappa shape index (κ3) is 4.43. The molecule has 29 heavy (non-hydrogen) atoms. The van der Waals surface area contributed by atoms with Crippen LogP contribution in [0, 0.1) is 5.92 Å². The zero-order valence-electron chi connectivity index (χ0n) is 15.5. The number of hydrogen-bond donors (Lipinski definition) is 1. The van der Waals surface area contributed by atoms with Gasteiger partial charge in [0.15, 0.2) is 6.79 Å². The first kappa shape index (κ1) is 21.3. The number of alkyl halides is 4. The molecule has 1 unspecified atom stereocenters. The molecule has 1 atom stereocenters. The van der Waals surface area contributed by atoms with Gasteiger partial charge in [0, 0.05) is 24.9 Å². The van der Waals surface area contributed by atoms with Crippen LogP contribution in [0.1, 0.15) is 24.4 Å². The number of halogens is 4. The number of aliphatic hydroxyl groups excluding tert-OH is 1. The Hall–Kier alpha value is -2.46. The lowest BCUT2D eigenvalue weighted by atomic mass is 9.77. The molecule has 3 rings (SSSR count). The molecule has 10 heteroatoms. The Morgan fingerprint density at radius 2 is 2.03 bits per heavy atom. The number of rotatable bonds is 7. The largest absolute Gasteiger partial charge is 0.467 e. The van der Waals surface area contributed by atoms with Crippen LogP contribution < -0.4 is 10.3 Å². The van der Waals surface area contributed by atoms with Crippen LogP contribution in [0.4, 0.5) is 17.6 Å². The topological polar surface area (TPSA) is 73.6 Å². The van der Waals surface area contributed by atoms with Gasteiger partial charge >= 0.3 is 6.18 Å². The van der Waals surface area contributed by atoms with Crippen LogP contribution in [-0.2, 0) is 10.9 Å². The minimum absolute atomic E-state index is 0.0646. The summed E-state index contributed by atoms with van der Waals surface area (Å²) in [6.07, 6.45) is -2.61. The van der Waals surface area contributed by atoms with Gasteiger partial charge in [-0.25, -0.2) is 9.37 Å². The summed E-state index contributed by atoms with van der Waals surface area (Å²) in [7, 11) is 1.32. The van der Waals surface area contributed by atoms with E-state index in [1.165, 1.54) is 24.2 Å². The quantitative estimate of drug-likeness (QED) is 0.554. The van der Waals surface area contributed by atoms with E-state index in [9.17, 15) is 22.4 Å². The maximum absolute atomic E-state index is 13.5. The second-order valence-corrected chi connectivity index (χ2v) is 6.86.